The van der Waals surface area contributed by atoms with Crippen molar-refractivity contribution in [2.75, 3.05) is 13.7 Å². The molecule has 1 unspecified atom stereocenters. The van der Waals surface area contributed by atoms with E-state index in [-0.39, 0.29) is 5.91 Å². The highest BCUT2D eigenvalue weighted by atomic mass is 16.5. The van der Waals surface area contributed by atoms with Gasteiger partial charge < -0.3 is 9.64 Å². The number of pyridine rings is 1. The van der Waals surface area contributed by atoms with E-state index in [0.29, 0.717) is 11.6 Å². The predicted molar refractivity (Wildman–Crippen MR) is 89.6 cm³/mol. The largest absolute Gasteiger partial charge is 0.497 e. The third-order valence-electron chi connectivity index (χ3n) is 4.47. The summed E-state index contributed by atoms with van der Waals surface area (Å²) in [7, 11) is 1.62. The van der Waals surface area contributed by atoms with E-state index in [1.165, 1.54) is 5.56 Å². The predicted octanol–water partition coefficient (Wildman–Crippen LogP) is 3.33. The lowest BCUT2D eigenvalue weighted by Gasteiger charge is -2.25. The molecule has 2 heterocycles. The van der Waals surface area contributed by atoms with Crippen LogP contribution in [0.2, 0.25) is 0 Å². The Hall–Kier alpha value is -2.36. The smallest absolute Gasteiger partial charge is 0.254 e. The Morgan fingerprint density at radius 1 is 1.30 bits per heavy atom. The lowest BCUT2D eigenvalue weighted by Crippen LogP contribution is -2.35. The van der Waals surface area contributed by atoms with Gasteiger partial charge in [0, 0.05) is 30.5 Å². The van der Waals surface area contributed by atoms with Gasteiger partial charge in [0.25, 0.3) is 5.91 Å². The Morgan fingerprint density at radius 3 is 2.91 bits per heavy atom. The topological polar surface area (TPSA) is 42.4 Å². The van der Waals surface area contributed by atoms with Crippen LogP contribution in [0.4, 0.5) is 0 Å². The number of carbonyl (C=O) groups excluding carboxylic acids is 1. The zero-order valence-corrected chi connectivity index (χ0v) is 13.4. The van der Waals surface area contributed by atoms with E-state index in [2.05, 4.69) is 4.98 Å². The summed E-state index contributed by atoms with van der Waals surface area (Å²) >= 11 is 0. The van der Waals surface area contributed by atoms with Crippen molar-refractivity contribution in [1.82, 2.24) is 9.88 Å². The fourth-order valence-electron chi connectivity index (χ4n) is 3.21. The van der Waals surface area contributed by atoms with Crippen LogP contribution in [0.15, 0.2) is 48.8 Å². The molecular formula is C19H22N2O2. The van der Waals surface area contributed by atoms with Crippen LogP contribution in [0.25, 0.3) is 0 Å². The molecule has 1 saturated heterocycles. The molecule has 0 spiro atoms. The average Bonchev–Trinajstić information content (AvgIpc) is 3.09. The van der Waals surface area contributed by atoms with Crippen molar-refractivity contribution < 1.29 is 9.53 Å². The van der Waals surface area contributed by atoms with Gasteiger partial charge in [0.05, 0.1) is 7.11 Å². The molecule has 2 aromatic rings. The SMILES string of the molecule is COc1cccc(C(=O)N2CCCC2CCc2ccncc2)c1. The van der Waals surface area contributed by atoms with Crippen molar-refractivity contribution in [2.45, 2.75) is 31.7 Å². The molecular weight excluding hydrogens is 288 g/mol. The normalized spacial score (nSPS) is 17.3. The number of ether oxygens (including phenoxy) is 1. The van der Waals surface area contributed by atoms with Gasteiger partial charge in [0.1, 0.15) is 5.75 Å². The maximum Gasteiger partial charge on any atom is 0.254 e. The summed E-state index contributed by atoms with van der Waals surface area (Å²) < 4.78 is 5.22. The minimum Gasteiger partial charge on any atom is -0.497 e. The summed E-state index contributed by atoms with van der Waals surface area (Å²) in [5, 5.41) is 0. The number of amides is 1. The lowest BCUT2D eigenvalue weighted by atomic mass is 10.0. The molecule has 23 heavy (non-hydrogen) atoms. The van der Waals surface area contributed by atoms with Crippen LogP contribution in [-0.2, 0) is 6.42 Å². The summed E-state index contributed by atoms with van der Waals surface area (Å²) in [6, 6.07) is 11.8. The van der Waals surface area contributed by atoms with Crippen LogP contribution in [-0.4, -0.2) is 35.5 Å². The number of carbonyl (C=O) groups is 1. The first kappa shape index (κ1) is 15.5. The molecule has 0 aliphatic carbocycles. The van der Waals surface area contributed by atoms with Gasteiger partial charge in [-0.25, -0.2) is 0 Å². The second-order valence-electron chi connectivity index (χ2n) is 5.92. The molecule has 4 nitrogen and oxygen atoms in total. The van der Waals surface area contributed by atoms with Gasteiger partial charge in [-0.1, -0.05) is 6.07 Å². The average molecular weight is 310 g/mol. The van der Waals surface area contributed by atoms with Gasteiger partial charge in [0.2, 0.25) is 0 Å². The third-order valence-corrected chi connectivity index (χ3v) is 4.47. The van der Waals surface area contributed by atoms with Crippen LogP contribution in [0.5, 0.6) is 5.75 Å². The minimum atomic E-state index is 0.112. The molecule has 4 heteroatoms. The summed E-state index contributed by atoms with van der Waals surface area (Å²) in [6.07, 6.45) is 7.79. The molecule has 0 bridgehead atoms. The first-order valence-electron chi connectivity index (χ1n) is 8.12. The number of hydrogen-bond donors (Lipinski definition) is 0. The van der Waals surface area contributed by atoms with Crippen molar-refractivity contribution >= 4 is 5.91 Å². The second-order valence-corrected chi connectivity index (χ2v) is 5.92. The van der Waals surface area contributed by atoms with Crippen molar-refractivity contribution in [3.63, 3.8) is 0 Å². The van der Waals surface area contributed by atoms with Crippen LogP contribution in [0, 0.1) is 0 Å². The molecule has 1 aliphatic rings. The minimum absolute atomic E-state index is 0.112. The zero-order valence-electron chi connectivity index (χ0n) is 13.4. The van der Waals surface area contributed by atoms with Gasteiger partial charge in [-0.3, -0.25) is 9.78 Å². The molecule has 1 aromatic heterocycles. The molecule has 0 radical (unpaired) electrons. The second kappa shape index (κ2) is 7.27. The highest BCUT2D eigenvalue weighted by Crippen LogP contribution is 2.25. The fourth-order valence-corrected chi connectivity index (χ4v) is 3.21. The van der Waals surface area contributed by atoms with Gasteiger partial charge in [-0.05, 0) is 61.6 Å². The van der Waals surface area contributed by atoms with Crippen molar-refractivity contribution in [3.8, 4) is 5.75 Å². The quantitative estimate of drug-likeness (QED) is 0.851. The number of hydrogen-bond acceptors (Lipinski definition) is 3. The standard InChI is InChI=1S/C19H22N2O2/c1-23-18-6-2-4-16(14-18)19(22)21-13-3-5-17(21)8-7-15-9-11-20-12-10-15/h2,4,6,9-12,14,17H,3,5,7-8,13H2,1H3. The number of methoxy groups -OCH3 is 1. The number of benzene rings is 1. The Labute approximate surface area is 137 Å². The van der Waals surface area contributed by atoms with E-state index >= 15 is 0 Å². The lowest BCUT2D eigenvalue weighted by molar-refractivity contribution is 0.0730. The van der Waals surface area contributed by atoms with Gasteiger partial charge in [0.15, 0.2) is 0 Å². The maximum atomic E-state index is 12.8. The van der Waals surface area contributed by atoms with E-state index in [0.717, 1.165) is 38.0 Å². The molecule has 1 aromatic carbocycles. The first-order chi connectivity index (χ1) is 11.3. The Bertz CT molecular complexity index is 657. The summed E-state index contributed by atoms with van der Waals surface area (Å²) in [6.45, 7) is 0.844. The molecule has 0 saturated carbocycles. The molecule has 1 atom stereocenters. The summed E-state index contributed by atoms with van der Waals surface area (Å²) in [5.74, 6) is 0.838. The van der Waals surface area contributed by atoms with E-state index in [1.54, 1.807) is 7.11 Å². The summed E-state index contributed by atoms with van der Waals surface area (Å²) in [5.41, 5.74) is 1.99. The number of likely N-dealkylation sites (tertiary alicyclic amines) is 1. The number of rotatable bonds is 5. The van der Waals surface area contributed by atoms with Gasteiger partial charge >= 0.3 is 0 Å². The van der Waals surface area contributed by atoms with Crippen LogP contribution in [0.1, 0.15) is 35.2 Å². The molecule has 1 fully saturated rings. The van der Waals surface area contributed by atoms with Gasteiger partial charge in [-0.15, -0.1) is 0 Å². The molecule has 3 rings (SSSR count). The summed E-state index contributed by atoms with van der Waals surface area (Å²) in [4.78, 5) is 18.9. The molecule has 120 valence electrons. The number of aromatic nitrogens is 1. The Kier molecular flexibility index (Phi) is 4.91. The number of aryl methyl sites for hydroxylation is 1. The third kappa shape index (κ3) is 3.70. The molecule has 1 aliphatic heterocycles. The Morgan fingerprint density at radius 2 is 2.13 bits per heavy atom. The monoisotopic (exact) mass is 310 g/mol. The highest BCUT2D eigenvalue weighted by Gasteiger charge is 2.29. The van der Waals surface area contributed by atoms with Crippen LogP contribution >= 0.6 is 0 Å². The first-order valence-corrected chi connectivity index (χ1v) is 8.12. The highest BCUT2D eigenvalue weighted by molar-refractivity contribution is 5.95. The van der Waals surface area contributed by atoms with Crippen molar-refractivity contribution in [1.29, 1.82) is 0 Å². The van der Waals surface area contributed by atoms with Crippen LogP contribution in [0.3, 0.4) is 0 Å². The van der Waals surface area contributed by atoms with Gasteiger partial charge in [-0.2, -0.15) is 0 Å². The molecule has 1 amide bonds. The van der Waals surface area contributed by atoms with Crippen molar-refractivity contribution in [3.05, 3.63) is 59.9 Å². The Balaban J connectivity index is 1.67. The van der Waals surface area contributed by atoms with Crippen LogP contribution < -0.4 is 4.74 Å². The van der Waals surface area contributed by atoms with E-state index in [4.69, 9.17) is 4.74 Å². The van der Waals surface area contributed by atoms with E-state index in [1.807, 2.05) is 53.7 Å². The molecule has 0 N–H and O–H groups in total. The van der Waals surface area contributed by atoms with E-state index in [9.17, 15) is 4.79 Å². The van der Waals surface area contributed by atoms with Crippen molar-refractivity contribution in [2.24, 2.45) is 0 Å². The maximum absolute atomic E-state index is 12.8. The number of nitrogens with zero attached hydrogens (tertiary/aromatic N) is 2. The zero-order chi connectivity index (χ0) is 16.1. The van der Waals surface area contributed by atoms with E-state index < -0.39 is 0 Å². The fraction of sp³-hybridized carbons (Fsp3) is 0.368.